The molecule has 1 aromatic carbocycles. The Morgan fingerprint density at radius 3 is 2.57 bits per heavy atom. The maximum atomic E-state index is 11.8. The molecule has 1 aromatic rings. The minimum atomic E-state index is -0.778. The van der Waals surface area contributed by atoms with Crippen LogP contribution in [-0.4, -0.2) is 45.4 Å². The number of benzene rings is 1. The van der Waals surface area contributed by atoms with E-state index in [2.05, 4.69) is 5.32 Å². The SMILES string of the molecule is CCOCC(=O)N[C@H](Cc1ccccc1OC)C(=O)OC. The number of nitrogens with one attached hydrogen (secondary N) is 1. The van der Waals surface area contributed by atoms with Gasteiger partial charge in [-0.25, -0.2) is 4.79 Å². The molecule has 0 aliphatic rings. The van der Waals surface area contributed by atoms with E-state index in [-0.39, 0.29) is 18.9 Å². The molecule has 0 aliphatic heterocycles. The monoisotopic (exact) mass is 295 g/mol. The van der Waals surface area contributed by atoms with Crippen molar-refractivity contribution in [1.82, 2.24) is 5.32 Å². The Hall–Kier alpha value is -2.08. The molecule has 21 heavy (non-hydrogen) atoms. The van der Waals surface area contributed by atoms with Gasteiger partial charge in [-0.1, -0.05) is 18.2 Å². The van der Waals surface area contributed by atoms with Crippen molar-refractivity contribution in [3.05, 3.63) is 29.8 Å². The summed E-state index contributed by atoms with van der Waals surface area (Å²) in [6, 6.07) is 6.53. The van der Waals surface area contributed by atoms with Gasteiger partial charge in [-0.15, -0.1) is 0 Å². The fraction of sp³-hybridized carbons (Fsp3) is 0.467. The van der Waals surface area contributed by atoms with Crippen molar-refractivity contribution in [2.45, 2.75) is 19.4 Å². The summed E-state index contributed by atoms with van der Waals surface area (Å²) in [7, 11) is 2.84. The lowest BCUT2D eigenvalue weighted by Crippen LogP contribution is -2.44. The third kappa shape index (κ3) is 5.43. The standard InChI is InChI=1S/C15H21NO5/c1-4-21-10-14(17)16-12(15(18)20-3)9-11-7-5-6-8-13(11)19-2/h5-8,12H,4,9-10H2,1-3H3,(H,16,17)/t12-/m1/s1. The molecular formula is C15H21NO5. The van der Waals surface area contributed by atoms with Crippen LogP contribution in [0.5, 0.6) is 5.75 Å². The summed E-state index contributed by atoms with van der Waals surface area (Å²) < 4.78 is 15.0. The minimum absolute atomic E-state index is 0.0874. The smallest absolute Gasteiger partial charge is 0.328 e. The molecule has 0 fully saturated rings. The van der Waals surface area contributed by atoms with Gasteiger partial charge in [-0.2, -0.15) is 0 Å². The van der Waals surface area contributed by atoms with E-state index in [9.17, 15) is 9.59 Å². The normalized spacial score (nSPS) is 11.6. The molecule has 116 valence electrons. The second-order valence-corrected chi connectivity index (χ2v) is 4.30. The summed E-state index contributed by atoms with van der Waals surface area (Å²) in [5.74, 6) is -0.210. The second kappa shape index (κ2) is 8.97. The largest absolute Gasteiger partial charge is 0.496 e. The topological polar surface area (TPSA) is 73.9 Å². The van der Waals surface area contributed by atoms with E-state index < -0.39 is 12.0 Å². The Bertz CT molecular complexity index is 475. The van der Waals surface area contributed by atoms with E-state index >= 15 is 0 Å². The van der Waals surface area contributed by atoms with Crippen LogP contribution in [-0.2, 0) is 25.5 Å². The van der Waals surface area contributed by atoms with Crippen molar-refractivity contribution < 1.29 is 23.8 Å². The molecule has 0 radical (unpaired) electrons. The summed E-state index contributed by atoms with van der Waals surface area (Å²) in [4.78, 5) is 23.5. The van der Waals surface area contributed by atoms with Crippen LogP contribution in [0.25, 0.3) is 0 Å². The molecule has 6 heteroatoms. The van der Waals surface area contributed by atoms with Gasteiger partial charge in [0.1, 0.15) is 18.4 Å². The first-order valence-corrected chi connectivity index (χ1v) is 6.69. The average molecular weight is 295 g/mol. The van der Waals surface area contributed by atoms with Gasteiger partial charge in [-0.05, 0) is 18.6 Å². The fourth-order valence-electron chi connectivity index (χ4n) is 1.86. The molecule has 0 aliphatic carbocycles. The van der Waals surface area contributed by atoms with E-state index in [1.54, 1.807) is 20.1 Å². The highest BCUT2D eigenvalue weighted by Gasteiger charge is 2.23. The molecule has 6 nitrogen and oxygen atoms in total. The number of amides is 1. The zero-order valence-electron chi connectivity index (χ0n) is 12.5. The molecule has 0 aromatic heterocycles. The first kappa shape index (κ1) is 17.0. The van der Waals surface area contributed by atoms with Crippen molar-refractivity contribution in [2.24, 2.45) is 0 Å². The van der Waals surface area contributed by atoms with Gasteiger partial charge >= 0.3 is 5.97 Å². The lowest BCUT2D eigenvalue weighted by atomic mass is 10.0. The molecule has 1 rings (SSSR count). The summed E-state index contributed by atoms with van der Waals surface area (Å²) >= 11 is 0. The maximum absolute atomic E-state index is 11.8. The first-order valence-electron chi connectivity index (χ1n) is 6.69. The van der Waals surface area contributed by atoms with Gasteiger partial charge in [0.15, 0.2) is 0 Å². The summed E-state index contributed by atoms with van der Waals surface area (Å²) in [5, 5.41) is 2.61. The Balaban J connectivity index is 2.78. The average Bonchev–Trinajstić information content (AvgIpc) is 2.51. The van der Waals surface area contributed by atoms with Crippen molar-refractivity contribution in [2.75, 3.05) is 27.4 Å². The van der Waals surface area contributed by atoms with E-state index in [0.29, 0.717) is 12.4 Å². The van der Waals surface area contributed by atoms with Crippen molar-refractivity contribution >= 4 is 11.9 Å². The minimum Gasteiger partial charge on any atom is -0.496 e. The fourth-order valence-corrected chi connectivity index (χ4v) is 1.86. The van der Waals surface area contributed by atoms with Crippen LogP contribution in [0.2, 0.25) is 0 Å². The Morgan fingerprint density at radius 1 is 1.24 bits per heavy atom. The number of ether oxygens (including phenoxy) is 3. The van der Waals surface area contributed by atoms with Crippen molar-refractivity contribution in [1.29, 1.82) is 0 Å². The highest BCUT2D eigenvalue weighted by Crippen LogP contribution is 2.19. The van der Waals surface area contributed by atoms with Crippen LogP contribution >= 0.6 is 0 Å². The number of hydrogen-bond donors (Lipinski definition) is 1. The third-order valence-electron chi connectivity index (χ3n) is 2.87. The molecular weight excluding hydrogens is 274 g/mol. The lowest BCUT2D eigenvalue weighted by molar-refractivity contribution is -0.145. The quantitative estimate of drug-likeness (QED) is 0.722. The molecule has 1 N–H and O–H groups in total. The van der Waals surface area contributed by atoms with Crippen molar-refractivity contribution in [3.63, 3.8) is 0 Å². The molecule has 0 spiro atoms. The van der Waals surface area contributed by atoms with Gasteiger partial charge in [-0.3, -0.25) is 4.79 Å². The number of carbonyl (C=O) groups is 2. The number of rotatable bonds is 8. The van der Waals surface area contributed by atoms with Gasteiger partial charge in [0, 0.05) is 13.0 Å². The highest BCUT2D eigenvalue weighted by atomic mass is 16.5. The van der Waals surface area contributed by atoms with Crippen LogP contribution in [0.4, 0.5) is 0 Å². The molecule has 1 amide bonds. The van der Waals surface area contributed by atoms with Crippen LogP contribution in [0, 0.1) is 0 Å². The lowest BCUT2D eigenvalue weighted by Gasteiger charge is -2.18. The number of methoxy groups -OCH3 is 2. The Morgan fingerprint density at radius 2 is 1.95 bits per heavy atom. The highest BCUT2D eigenvalue weighted by molar-refractivity contribution is 5.85. The predicted octanol–water partition coefficient (Wildman–Crippen LogP) is 0.932. The molecule has 0 saturated carbocycles. The van der Waals surface area contributed by atoms with Gasteiger partial charge in [0.05, 0.1) is 14.2 Å². The predicted molar refractivity (Wildman–Crippen MR) is 77.1 cm³/mol. The van der Waals surface area contributed by atoms with E-state index in [0.717, 1.165) is 5.56 Å². The van der Waals surface area contributed by atoms with E-state index in [4.69, 9.17) is 14.2 Å². The Labute approximate surface area is 124 Å². The van der Waals surface area contributed by atoms with Crippen LogP contribution in [0.1, 0.15) is 12.5 Å². The second-order valence-electron chi connectivity index (χ2n) is 4.30. The third-order valence-corrected chi connectivity index (χ3v) is 2.87. The molecule has 0 heterocycles. The van der Waals surface area contributed by atoms with Gasteiger partial charge in [0.2, 0.25) is 5.91 Å². The molecule has 0 unspecified atom stereocenters. The van der Waals surface area contributed by atoms with Crippen molar-refractivity contribution in [3.8, 4) is 5.75 Å². The maximum Gasteiger partial charge on any atom is 0.328 e. The van der Waals surface area contributed by atoms with Crippen LogP contribution in [0.3, 0.4) is 0 Å². The zero-order chi connectivity index (χ0) is 15.7. The first-order chi connectivity index (χ1) is 10.1. The molecule has 1 atom stereocenters. The van der Waals surface area contributed by atoms with Gasteiger partial charge in [0.25, 0.3) is 0 Å². The summed E-state index contributed by atoms with van der Waals surface area (Å²) in [6.45, 7) is 2.14. The molecule has 0 bridgehead atoms. The summed E-state index contributed by atoms with van der Waals surface area (Å²) in [6.07, 6.45) is 0.286. The van der Waals surface area contributed by atoms with Crippen LogP contribution < -0.4 is 10.1 Å². The zero-order valence-corrected chi connectivity index (χ0v) is 12.5. The van der Waals surface area contributed by atoms with E-state index in [1.165, 1.54) is 7.11 Å². The number of carbonyl (C=O) groups excluding carboxylic acids is 2. The van der Waals surface area contributed by atoms with E-state index in [1.807, 2.05) is 18.2 Å². The number of hydrogen-bond acceptors (Lipinski definition) is 5. The summed E-state index contributed by atoms with van der Waals surface area (Å²) in [5.41, 5.74) is 0.812. The van der Waals surface area contributed by atoms with Crippen LogP contribution in [0.15, 0.2) is 24.3 Å². The number of esters is 1. The van der Waals surface area contributed by atoms with Gasteiger partial charge < -0.3 is 19.5 Å². The molecule has 0 saturated heterocycles. The number of para-hydroxylation sites is 1. The Kier molecular flexibility index (Phi) is 7.25.